The van der Waals surface area contributed by atoms with Crippen LogP contribution in [0.1, 0.15) is 38.2 Å². The molecule has 0 unspecified atom stereocenters. The fourth-order valence-electron chi connectivity index (χ4n) is 3.26. The van der Waals surface area contributed by atoms with Crippen molar-refractivity contribution in [2.75, 3.05) is 13.7 Å². The summed E-state index contributed by atoms with van der Waals surface area (Å²) in [4.78, 5) is 25.5. The highest BCUT2D eigenvalue weighted by Crippen LogP contribution is 2.43. The minimum Gasteiger partial charge on any atom is -0.466 e. The molecule has 1 N–H and O–H groups in total. The van der Waals surface area contributed by atoms with Crippen molar-refractivity contribution in [2.24, 2.45) is 5.92 Å². The number of rotatable bonds is 5. The first kappa shape index (κ1) is 19.8. The van der Waals surface area contributed by atoms with Crippen LogP contribution in [0.3, 0.4) is 0 Å². The number of nitrogens with one attached hydrogen (secondary N) is 1. The first-order chi connectivity index (χ1) is 12.8. The van der Waals surface area contributed by atoms with Crippen LogP contribution in [0.2, 0.25) is 10.0 Å². The average molecular weight is 410 g/mol. The standard InChI is InChI=1S/C20H21Cl2NO4/c1-10-15(19(24)26-3)17(13-5-4-6-14(21)18(13)22)16(11(2)23-10)20(25)27-9-12-7-8-12/h4-6,12,17,23H,7-9H2,1-3H3/t17-/m0/s1. The van der Waals surface area contributed by atoms with E-state index in [9.17, 15) is 9.59 Å². The summed E-state index contributed by atoms with van der Waals surface area (Å²) in [6.45, 7) is 3.91. The maximum absolute atomic E-state index is 12.9. The van der Waals surface area contributed by atoms with Crippen molar-refractivity contribution in [3.63, 3.8) is 0 Å². The number of allylic oxidation sites excluding steroid dienone is 2. The second kappa shape index (κ2) is 7.95. The third-order valence-electron chi connectivity index (χ3n) is 4.83. The van der Waals surface area contributed by atoms with Crippen LogP contribution in [0.15, 0.2) is 40.7 Å². The zero-order valence-corrected chi connectivity index (χ0v) is 16.9. The zero-order chi connectivity index (χ0) is 19.7. The van der Waals surface area contributed by atoms with Crippen molar-refractivity contribution in [3.8, 4) is 0 Å². The van der Waals surface area contributed by atoms with Gasteiger partial charge in [0.2, 0.25) is 0 Å². The SMILES string of the molecule is COC(=O)C1=C(C)NC(C)=C(C(=O)OCC2CC2)[C@H]1c1cccc(Cl)c1Cl. The molecule has 0 radical (unpaired) electrons. The molecule has 3 rings (SSSR count). The van der Waals surface area contributed by atoms with E-state index in [-0.39, 0.29) is 0 Å². The number of methoxy groups -OCH3 is 1. The molecule has 1 aliphatic heterocycles. The summed E-state index contributed by atoms with van der Waals surface area (Å²) in [6.07, 6.45) is 2.14. The Labute approximate surface area is 168 Å². The zero-order valence-electron chi connectivity index (χ0n) is 15.4. The predicted molar refractivity (Wildman–Crippen MR) is 103 cm³/mol. The summed E-state index contributed by atoms with van der Waals surface area (Å²) in [5.74, 6) is -1.31. The molecule has 1 heterocycles. The van der Waals surface area contributed by atoms with E-state index in [1.807, 2.05) is 0 Å². The summed E-state index contributed by atoms with van der Waals surface area (Å²) < 4.78 is 10.5. The smallest absolute Gasteiger partial charge is 0.336 e. The first-order valence-corrected chi connectivity index (χ1v) is 9.48. The molecule has 1 atom stereocenters. The molecule has 2 aliphatic rings. The van der Waals surface area contributed by atoms with E-state index in [2.05, 4.69) is 5.32 Å². The maximum atomic E-state index is 12.9. The minimum absolute atomic E-state index is 0.292. The Hall–Kier alpha value is -1.98. The van der Waals surface area contributed by atoms with Crippen molar-refractivity contribution in [2.45, 2.75) is 32.6 Å². The van der Waals surface area contributed by atoms with E-state index < -0.39 is 17.9 Å². The third-order valence-corrected chi connectivity index (χ3v) is 5.66. The fraction of sp³-hybridized carbons (Fsp3) is 0.400. The van der Waals surface area contributed by atoms with Gasteiger partial charge in [-0.15, -0.1) is 0 Å². The van der Waals surface area contributed by atoms with Gasteiger partial charge in [0.25, 0.3) is 0 Å². The van der Waals surface area contributed by atoms with Gasteiger partial charge in [0.05, 0.1) is 40.8 Å². The third kappa shape index (κ3) is 3.99. The molecule has 5 nitrogen and oxygen atoms in total. The molecule has 0 aromatic heterocycles. The molecule has 1 aromatic carbocycles. The number of esters is 2. The molecule has 1 fully saturated rings. The molecule has 0 bridgehead atoms. The van der Waals surface area contributed by atoms with Crippen LogP contribution >= 0.6 is 23.2 Å². The first-order valence-electron chi connectivity index (χ1n) is 8.73. The van der Waals surface area contributed by atoms with Crippen molar-refractivity contribution >= 4 is 35.1 Å². The summed E-state index contributed by atoms with van der Waals surface area (Å²) in [6, 6.07) is 5.14. The lowest BCUT2D eigenvalue weighted by molar-refractivity contribution is -0.140. The van der Waals surface area contributed by atoms with E-state index in [0.717, 1.165) is 12.8 Å². The predicted octanol–water partition coefficient (Wildman–Crippen LogP) is 4.35. The van der Waals surface area contributed by atoms with Gasteiger partial charge in [0.1, 0.15) is 0 Å². The Morgan fingerprint density at radius 3 is 2.33 bits per heavy atom. The summed E-state index contributed by atoms with van der Waals surface area (Å²) in [7, 11) is 1.30. The van der Waals surface area contributed by atoms with Gasteiger partial charge in [-0.1, -0.05) is 35.3 Å². The van der Waals surface area contributed by atoms with Gasteiger partial charge in [-0.25, -0.2) is 9.59 Å². The number of hydrogen-bond donors (Lipinski definition) is 1. The van der Waals surface area contributed by atoms with Crippen LogP contribution < -0.4 is 5.32 Å². The highest BCUT2D eigenvalue weighted by Gasteiger charge is 2.39. The molecule has 144 valence electrons. The number of ether oxygens (including phenoxy) is 2. The lowest BCUT2D eigenvalue weighted by Crippen LogP contribution is -2.32. The van der Waals surface area contributed by atoms with Crippen molar-refractivity contribution in [3.05, 3.63) is 56.3 Å². The number of carbonyl (C=O) groups excluding carboxylic acids is 2. The van der Waals surface area contributed by atoms with Crippen LogP contribution in [0, 0.1) is 5.92 Å². The fourth-order valence-corrected chi connectivity index (χ4v) is 3.67. The van der Waals surface area contributed by atoms with Gasteiger partial charge in [0.15, 0.2) is 0 Å². The topological polar surface area (TPSA) is 64.6 Å². The van der Waals surface area contributed by atoms with Gasteiger partial charge in [-0.05, 0) is 44.2 Å². The number of halogens is 2. The number of hydrogen-bond acceptors (Lipinski definition) is 5. The van der Waals surface area contributed by atoms with Crippen molar-refractivity contribution in [1.82, 2.24) is 5.32 Å². The van der Waals surface area contributed by atoms with Gasteiger partial charge < -0.3 is 14.8 Å². The molecular formula is C20H21Cl2NO4. The Morgan fingerprint density at radius 2 is 1.74 bits per heavy atom. The second-order valence-electron chi connectivity index (χ2n) is 6.81. The van der Waals surface area contributed by atoms with Crippen molar-refractivity contribution < 1.29 is 19.1 Å². The monoisotopic (exact) mass is 409 g/mol. The Kier molecular flexibility index (Phi) is 5.82. The quantitative estimate of drug-likeness (QED) is 0.731. The minimum atomic E-state index is -0.725. The Balaban J connectivity index is 2.10. The average Bonchev–Trinajstić information content (AvgIpc) is 3.45. The van der Waals surface area contributed by atoms with E-state index in [1.54, 1.807) is 32.0 Å². The van der Waals surface area contributed by atoms with Crippen molar-refractivity contribution in [1.29, 1.82) is 0 Å². The Bertz CT molecular complexity index is 856. The van der Waals surface area contributed by atoms with Crippen LogP contribution in [0.5, 0.6) is 0 Å². The van der Waals surface area contributed by atoms with Crippen LogP contribution in [0.4, 0.5) is 0 Å². The van der Waals surface area contributed by atoms with Gasteiger partial charge in [-0.2, -0.15) is 0 Å². The molecular weight excluding hydrogens is 389 g/mol. The number of carbonyl (C=O) groups is 2. The largest absolute Gasteiger partial charge is 0.466 e. The number of benzene rings is 1. The lowest BCUT2D eigenvalue weighted by atomic mass is 9.80. The van der Waals surface area contributed by atoms with E-state index >= 15 is 0 Å². The molecule has 0 spiro atoms. The summed E-state index contributed by atoms with van der Waals surface area (Å²) in [5.41, 5.74) is 2.42. The molecule has 0 amide bonds. The highest BCUT2D eigenvalue weighted by atomic mass is 35.5. The van der Waals surface area contributed by atoms with Crippen LogP contribution in [0.25, 0.3) is 0 Å². The van der Waals surface area contributed by atoms with E-state index in [1.165, 1.54) is 7.11 Å². The molecule has 1 saturated carbocycles. The molecule has 7 heteroatoms. The van der Waals surface area contributed by atoms with Crippen LogP contribution in [-0.4, -0.2) is 25.7 Å². The van der Waals surface area contributed by atoms with E-state index in [4.69, 9.17) is 32.7 Å². The molecule has 1 aromatic rings. The second-order valence-corrected chi connectivity index (χ2v) is 7.60. The molecule has 0 saturated heterocycles. The lowest BCUT2D eigenvalue weighted by Gasteiger charge is -2.30. The Morgan fingerprint density at radius 1 is 1.11 bits per heavy atom. The van der Waals surface area contributed by atoms with Crippen LogP contribution in [-0.2, 0) is 19.1 Å². The number of dihydropyridines is 1. The summed E-state index contributed by atoms with van der Waals surface area (Å²) in [5, 5.41) is 3.73. The van der Waals surface area contributed by atoms with Gasteiger partial charge in [-0.3, -0.25) is 0 Å². The highest BCUT2D eigenvalue weighted by molar-refractivity contribution is 6.42. The van der Waals surface area contributed by atoms with Gasteiger partial charge >= 0.3 is 11.9 Å². The molecule has 27 heavy (non-hydrogen) atoms. The summed E-state index contributed by atoms with van der Waals surface area (Å²) >= 11 is 12.6. The van der Waals surface area contributed by atoms with E-state index in [0.29, 0.717) is 50.7 Å². The normalized spacial score (nSPS) is 19.7. The maximum Gasteiger partial charge on any atom is 0.336 e. The molecule has 1 aliphatic carbocycles. The van der Waals surface area contributed by atoms with Gasteiger partial charge in [0, 0.05) is 11.4 Å².